The number of likely N-dealkylation sites (N-methyl/N-ethyl adjacent to an activating group) is 1. The molecule has 4 rings (SSSR count). The molecular weight excluding hydrogens is 455 g/mol. The van der Waals surface area contributed by atoms with Crippen LogP contribution in [0.4, 0.5) is 0 Å². The lowest BCUT2D eigenvalue weighted by Crippen LogP contribution is -2.60. The van der Waals surface area contributed by atoms with Gasteiger partial charge in [0.1, 0.15) is 36.8 Å². The molecular formula is C24H27BN2O8. The summed E-state index contributed by atoms with van der Waals surface area (Å²) >= 11 is 0. The Bertz CT molecular complexity index is 1220. The van der Waals surface area contributed by atoms with Crippen LogP contribution in [0.2, 0.25) is 6.32 Å². The van der Waals surface area contributed by atoms with Crippen LogP contribution in [0.15, 0.2) is 40.9 Å². The van der Waals surface area contributed by atoms with Gasteiger partial charge in [0.15, 0.2) is 11.6 Å². The average Bonchev–Trinajstić information content (AvgIpc) is 2.77. The fraction of sp³-hybridized carbons (Fsp3) is 0.417. The van der Waals surface area contributed by atoms with E-state index >= 15 is 0 Å². The third-order valence-corrected chi connectivity index (χ3v) is 7.39. The van der Waals surface area contributed by atoms with E-state index in [-0.39, 0.29) is 23.2 Å². The molecule has 11 heteroatoms. The van der Waals surface area contributed by atoms with Crippen molar-refractivity contribution in [3.05, 3.63) is 52.0 Å². The van der Waals surface area contributed by atoms with Gasteiger partial charge in [-0.1, -0.05) is 19.1 Å². The minimum atomic E-state index is -1.47. The number of benzene rings is 1. The Hall–Kier alpha value is -3.60. The van der Waals surface area contributed by atoms with Crippen LogP contribution in [0.3, 0.4) is 0 Å². The molecule has 0 fully saturated rings. The van der Waals surface area contributed by atoms with E-state index in [4.69, 9.17) is 10.5 Å². The van der Waals surface area contributed by atoms with Crippen LogP contribution in [-0.2, 0) is 19.1 Å². The Morgan fingerprint density at radius 3 is 2.37 bits per heavy atom. The van der Waals surface area contributed by atoms with E-state index in [0.29, 0.717) is 5.56 Å². The van der Waals surface area contributed by atoms with Gasteiger partial charge in [0.05, 0.1) is 17.5 Å². The Morgan fingerprint density at radius 1 is 1.14 bits per heavy atom. The number of carbonyl (C=O) groups excluding carboxylic acids is 4. The van der Waals surface area contributed by atoms with Gasteiger partial charge in [0, 0.05) is 23.7 Å². The maximum atomic E-state index is 13.6. The Balaban J connectivity index is 2.05. The number of carbonyl (C=O) groups is 4. The van der Waals surface area contributed by atoms with Crippen molar-refractivity contribution in [1.29, 1.82) is 0 Å². The number of hydrogen-bond acceptors (Lipinski definition) is 9. The lowest BCUT2D eigenvalue weighted by atomic mass is 9.57. The second kappa shape index (κ2) is 8.56. The van der Waals surface area contributed by atoms with Crippen molar-refractivity contribution in [2.75, 3.05) is 14.1 Å². The number of primary amides is 1. The molecule has 3 aliphatic rings. The average molecular weight is 482 g/mol. The van der Waals surface area contributed by atoms with Crippen molar-refractivity contribution in [3.8, 4) is 5.75 Å². The van der Waals surface area contributed by atoms with Crippen LogP contribution in [-0.4, -0.2) is 77.7 Å². The molecule has 0 heterocycles. The molecule has 3 aliphatic carbocycles. The normalized spacial score (nSPS) is 30.1. The highest BCUT2D eigenvalue weighted by atomic mass is 16.5. The fourth-order valence-electron chi connectivity index (χ4n) is 5.92. The van der Waals surface area contributed by atoms with E-state index in [1.54, 1.807) is 45.9 Å². The van der Waals surface area contributed by atoms with Gasteiger partial charge in [0.25, 0.3) is 11.9 Å². The van der Waals surface area contributed by atoms with Gasteiger partial charge in [-0.05, 0) is 31.6 Å². The number of esters is 1. The first-order chi connectivity index (χ1) is 16.4. The van der Waals surface area contributed by atoms with Gasteiger partial charge in [-0.3, -0.25) is 24.1 Å². The zero-order chi connectivity index (χ0) is 25.9. The number of aromatic hydroxyl groups is 1. The monoisotopic (exact) mass is 482 g/mol. The number of Topliss-reactive ketones (excluding diaryl/α,β-unsaturated/α-hetero) is 2. The van der Waals surface area contributed by atoms with Crippen molar-refractivity contribution in [2.45, 2.75) is 31.3 Å². The maximum absolute atomic E-state index is 13.6. The van der Waals surface area contributed by atoms with E-state index in [9.17, 15) is 34.5 Å². The summed E-state index contributed by atoms with van der Waals surface area (Å²) in [5.41, 5.74) is 5.08. The van der Waals surface area contributed by atoms with Gasteiger partial charge in [-0.2, -0.15) is 0 Å². The molecule has 184 valence electrons. The van der Waals surface area contributed by atoms with Crippen molar-refractivity contribution < 1.29 is 39.2 Å². The molecule has 6 atom stereocenters. The smallest absolute Gasteiger partial charge is 0.298 e. The molecule has 0 saturated heterocycles. The summed E-state index contributed by atoms with van der Waals surface area (Å²) in [6, 6.07) is 3.59. The quantitative estimate of drug-likeness (QED) is 0.265. The minimum absolute atomic E-state index is 0.00208. The number of aliphatic hydroxyl groups excluding tert-OH is 2. The maximum Gasteiger partial charge on any atom is 0.298 e. The lowest BCUT2D eigenvalue weighted by molar-refractivity contribution is -0.160. The summed E-state index contributed by atoms with van der Waals surface area (Å²) in [6.07, 6.45) is -1.10. The molecule has 1 unspecified atom stereocenters. The molecule has 1 aromatic carbocycles. The van der Waals surface area contributed by atoms with Crippen molar-refractivity contribution >= 4 is 31.3 Å². The molecule has 35 heavy (non-hydrogen) atoms. The van der Waals surface area contributed by atoms with E-state index in [1.165, 1.54) is 6.07 Å². The molecule has 0 spiro atoms. The van der Waals surface area contributed by atoms with E-state index in [1.807, 2.05) is 0 Å². The SMILES string of the molecule is BCC(=O)O[C@H]1[C@H]2C(=C(O)C3C(=O)C(C(N)=O)=C(O)[C@@H](N(C)C)[C@@H]31)C(=O)c1c(O)cccc1[C@@H]2C. The second-order valence-electron chi connectivity index (χ2n) is 9.44. The van der Waals surface area contributed by atoms with E-state index in [2.05, 4.69) is 0 Å². The van der Waals surface area contributed by atoms with Gasteiger partial charge in [-0.15, -0.1) is 0 Å². The van der Waals surface area contributed by atoms with Crippen molar-refractivity contribution in [1.82, 2.24) is 4.90 Å². The number of ether oxygens (including phenoxy) is 1. The molecule has 0 aliphatic heterocycles. The predicted molar refractivity (Wildman–Crippen MR) is 126 cm³/mol. The Morgan fingerprint density at radius 2 is 1.80 bits per heavy atom. The summed E-state index contributed by atoms with van der Waals surface area (Å²) < 4.78 is 5.84. The highest BCUT2D eigenvalue weighted by molar-refractivity contribution is 6.22. The van der Waals surface area contributed by atoms with Gasteiger partial charge in [0.2, 0.25) is 0 Å². The van der Waals surface area contributed by atoms with Crippen LogP contribution < -0.4 is 5.73 Å². The number of phenols is 1. The van der Waals surface area contributed by atoms with Crippen LogP contribution in [0.1, 0.15) is 28.8 Å². The zero-order valence-electron chi connectivity index (χ0n) is 19.8. The highest BCUT2D eigenvalue weighted by Crippen LogP contribution is 2.54. The van der Waals surface area contributed by atoms with Crippen LogP contribution in [0.5, 0.6) is 5.75 Å². The largest absolute Gasteiger partial charge is 0.511 e. The molecule has 0 radical (unpaired) electrons. The molecule has 1 aromatic rings. The van der Waals surface area contributed by atoms with Gasteiger partial charge >= 0.3 is 0 Å². The third-order valence-electron chi connectivity index (χ3n) is 7.39. The van der Waals surface area contributed by atoms with Gasteiger partial charge < -0.3 is 25.8 Å². The number of fused-ring (bicyclic) bond motifs is 3. The summed E-state index contributed by atoms with van der Waals surface area (Å²) in [4.78, 5) is 53.2. The predicted octanol–water partition coefficient (Wildman–Crippen LogP) is 0.140. The van der Waals surface area contributed by atoms with Crippen molar-refractivity contribution in [2.24, 2.45) is 23.5 Å². The number of nitrogens with zero attached hydrogens (tertiary/aromatic N) is 1. The van der Waals surface area contributed by atoms with Crippen molar-refractivity contribution in [3.63, 3.8) is 0 Å². The molecule has 5 N–H and O–H groups in total. The first-order valence-electron chi connectivity index (χ1n) is 11.4. The first-order valence-corrected chi connectivity index (χ1v) is 11.4. The second-order valence-corrected chi connectivity index (χ2v) is 9.44. The van der Waals surface area contributed by atoms with Crippen LogP contribution in [0.25, 0.3) is 0 Å². The molecule has 1 amide bonds. The topological polar surface area (TPSA) is 167 Å². The van der Waals surface area contributed by atoms with Gasteiger partial charge in [-0.25, -0.2) is 0 Å². The number of hydrogen-bond donors (Lipinski definition) is 4. The summed E-state index contributed by atoms with van der Waals surface area (Å²) in [7, 11) is 4.80. The van der Waals surface area contributed by atoms with Crippen LogP contribution in [0, 0.1) is 17.8 Å². The fourth-order valence-corrected chi connectivity index (χ4v) is 5.92. The number of nitrogens with two attached hydrogens (primary N) is 1. The summed E-state index contributed by atoms with van der Waals surface area (Å²) in [6.45, 7) is 1.77. The molecule has 0 aromatic heterocycles. The standard InChI is InChI=1S/C24H27BN2O8/c1-8-9-5-4-6-10(28)13(9)19(30)15-12(8)23(35-11(29)7-25)14-16(20(15)31)21(32)17(24(26)34)22(33)18(14)27(2)3/h4-6,8,12,14,16,18,23,28,31,33H,7,25H2,1-3H3,(H2,26,34)/t8-,12+,14+,16?,18-,23-/m0/s1. The molecule has 0 bridgehead atoms. The molecule has 0 saturated carbocycles. The number of amides is 1. The number of allylic oxidation sites excluding steroid dienone is 1. The third kappa shape index (κ3) is 3.44. The first kappa shape index (κ1) is 24.5. The summed E-state index contributed by atoms with van der Waals surface area (Å²) in [5.74, 6) is -8.70. The summed E-state index contributed by atoms with van der Waals surface area (Å²) in [5, 5.41) is 32.8. The van der Waals surface area contributed by atoms with E-state index in [0.717, 1.165) is 0 Å². The zero-order valence-corrected chi connectivity index (χ0v) is 19.8. The number of phenolic OH excluding ortho intramolecular Hbond substituents is 1. The van der Waals surface area contributed by atoms with Crippen LogP contribution >= 0.6 is 0 Å². The minimum Gasteiger partial charge on any atom is -0.511 e. The Kier molecular flexibility index (Phi) is 6.00. The highest BCUT2D eigenvalue weighted by Gasteiger charge is 2.61. The number of aliphatic hydroxyl groups is 2. The van der Waals surface area contributed by atoms with E-state index < -0.39 is 76.4 Å². The number of ketones is 2. The molecule has 10 nitrogen and oxygen atoms in total. The Labute approximate surface area is 202 Å². The lowest BCUT2D eigenvalue weighted by Gasteiger charge is -2.51. The number of rotatable bonds is 4.